The molecule has 10 atom stereocenters. The number of nitrogens with zero attached hydrogens (tertiary/aromatic N) is 4. The Labute approximate surface area is 473 Å². The molecule has 3 aromatic carbocycles. The zero-order valence-electron chi connectivity index (χ0n) is 47.6. The Morgan fingerprint density at radius 3 is 1.45 bits per heavy atom. The zero-order chi connectivity index (χ0) is 56.5. The SMILES string of the molecule is CC[C@@H](C)C(=O)N[C@H](C(=O)N1C[C@@H](NC(=O)c2ccc(C(=O)N[C@H]3C[C@@H](C(=O)N4CC[C@@H](c5ccccc5)C4)N(C(=O)[C@@H](CC(=O)[C@H](C)NC)C4CCCCC4)C3)cc2)C[C@H]1C(=O)N1CC[C@@H](c2ccccc2)C1)C1CCCCC1. The number of amides is 7. The van der Waals surface area contributed by atoms with E-state index in [0.717, 1.165) is 82.6 Å². The summed E-state index contributed by atoms with van der Waals surface area (Å²) in [6.07, 6.45) is 12.1. The lowest BCUT2D eigenvalue weighted by molar-refractivity contribution is -0.148. The molecule has 16 nitrogen and oxygen atoms in total. The molecule has 4 saturated heterocycles. The Hall–Kier alpha value is -6.42. The molecule has 0 spiro atoms. The number of rotatable bonds is 19. The molecule has 0 radical (unpaired) electrons. The highest BCUT2D eigenvalue weighted by Crippen LogP contribution is 2.38. The first-order chi connectivity index (χ1) is 38.7. The molecule has 3 aromatic rings. The van der Waals surface area contributed by atoms with Gasteiger partial charge in [0.1, 0.15) is 23.9 Å². The van der Waals surface area contributed by atoms with Gasteiger partial charge in [0.05, 0.1) is 6.04 Å². The number of benzene rings is 3. The van der Waals surface area contributed by atoms with Crippen LogP contribution in [0.3, 0.4) is 0 Å². The maximum Gasteiger partial charge on any atom is 0.251 e. The predicted octanol–water partition coefficient (Wildman–Crippen LogP) is 6.99. The predicted molar refractivity (Wildman–Crippen MR) is 306 cm³/mol. The minimum atomic E-state index is -0.832. The van der Waals surface area contributed by atoms with Gasteiger partial charge in [-0.05, 0) is 119 Å². The lowest BCUT2D eigenvalue weighted by Crippen LogP contribution is -2.57. The van der Waals surface area contributed by atoms with Gasteiger partial charge in [0, 0.05) is 92.6 Å². The fourth-order valence-electron chi connectivity index (χ4n) is 13.8. The number of hydrogen-bond acceptors (Lipinski definition) is 9. The van der Waals surface area contributed by atoms with Gasteiger partial charge < -0.3 is 40.9 Å². The second-order valence-electron chi connectivity index (χ2n) is 24.1. The van der Waals surface area contributed by atoms with Gasteiger partial charge in [-0.25, -0.2) is 0 Å². The van der Waals surface area contributed by atoms with Gasteiger partial charge in [0.2, 0.25) is 29.5 Å². The lowest BCUT2D eigenvalue weighted by Gasteiger charge is -2.35. The van der Waals surface area contributed by atoms with E-state index in [2.05, 4.69) is 45.5 Å². The molecule has 0 bridgehead atoms. The van der Waals surface area contributed by atoms with Gasteiger partial charge in [0.25, 0.3) is 11.8 Å². The van der Waals surface area contributed by atoms with Crippen LogP contribution in [0.15, 0.2) is 84.9 Å². The van der Waals surface area contributed by atoms with E-state index in [9.17, 15) is 33.6 Å². The molecule has 16 heteroatoms. The fourth-order valence-corrected chi connectivity index (χ4v) is 13.8. The summed E-state index contributed by atoms with van der Waals surface area (Å²) in [7, 11) is 1.74. The largest absolute Gasteiger partial charge is 0.347 e. The molecule has 430 valence electrons. The van der Waals surface area contributed by atoms with Gasteiger partial charge in [-0.15, -0.1) is 0 Å². The lowest BCUT2D eigenvalue weighted by atomic mass is 9.76. The number of carbonyl (C=O) groups excluding carboxylic acids is 8. The van der Waals surface area contributed by atoms with Crippen LogP contribution < -0.4 is 21.3 Å². The van der Waals surface area contributed by atoms with Crippen molar-refractivity contribution in [2.75, 3.05) is 46.3 Å². The summed E-state index contributed by atoms with van der Waals surface area (Å²) in [5.41, 5.74) is 2.92. The van der Waals surface area contributed by atoms with Crippen molar-refractivity contribution in [3.8, 4) is 0 Å². The third kappa shape index (κ3) is 13.7. The van der Waals surface area contributed by atoms with Gasteiger partial charge >= 0.3 is 0 Å². The number of carbonyl (C=O) groups is 8. The third-order valence-electron chi connectivity index (χ3n) is 19.0. The Kier molecular flexibility index (Phi) is 19.6. The van der Waals surface area contributed by atoms with E-state index in [4.69, 9.17) is 0 Å². The highest BCUT2D eigenvalue weighted by Gasteiger charge is 2.49. The summed E-state index contributed by atoms with van der Waals surface area (Å²) in [4.78, 5) is 122. The molecule has 4 heterocycles. The van der Waals surface area contributed by atoms with Crippen LogP contribution >= 0.6 is 0 Å². The van der Waals surface area contributed by atoms with E-state index >= 15 is 4.79 Å². The van der Waals surface area contributed by atoms with Gasteiger partial charge in [0.15, 0.2) is 0 Å². The maximum atomic E-state index is 15.0. The Balaban J connectivity index is 0.890. The van der Waals surface area contributed by atoms with E-state index in [1.807, 2.05) is 67.0 Å². The molecule has 6 aliphatic rings. The normalized spacial score (nSPS) is 25.1. The smallest absolute Gasteiger partial charge is 0.251 e. The third-order valence-corrected chi connectivity index (χ3v) is 19.0. The maximum absolute atomic E-state index is 15.0. The Bertz CT molecular complexity index is 2480. The fraction of sp³-hybridized carbons (Fsp3) is 0.594. The number of Topliss-reactive ketones (excluding diaryl/α,β-unsaturated/α-hetero) is 1. The quantitative estimate of drug-likeness (QED) is 0.0978. The molecule has 9 rings (SSSR count). The first-order valence-corrected chi connectivity index (χ1v) is 30.2. The minimum Gasteiger partial charge on any atom is -0.347 e. The Morgan fingerprint density at radius 2 is 1.00 bits per heavy atom. The standard InChI is InChI=1S/C64H86N8O8/c1-5-41(2)58(74)68-57(46-24-16-9-17-25-46)64(80)72-40-52(35-55(72)63(79)70-33-31-50(38-70)44-20-12-7-13-21-44)67-60(76)48-28-26-47(27-29-48)59(75)66-51-34-54(62(78)69-32-30-49(37-69)43-18-10-6-11-19-43)71(39-51)61(77)53(36-56(73)42(3)65-4)45-22-14-8-15-23-45/h6-7,10-13,18-21,26-29,41-42,45-46,49-55,57,65H,5,8-9,14-17,22-25,30-40H2,1-4H3,(H,66,75)(H,67,76)(H,68,74)/t41-,42+,49-,50-,51+,52+,53+,54+,55+,57+/m1/s1. The molecule has 6 fully saturated rings. The number of likely N-dealkylation sites (tertiary alicyclic amines) is 4. The molecule has 0 unspecified atom stereocenters. The van der Waals surface area contributed by atoms with E-state index < -0.39 is 54.0 Å². The highest BCUT2D eigenvalue weighted by molar-refractivity contribution is 5.99. The van der Waals surface area contributed by atoms with Crippen LogP contribution in [-0.2, 0) is 28.8 Å². The van der Waals surface area contributed by atoms with Gasteiger partial charge in [-0.2, -0.15) is 0 Å². The summed E-state index contributed by atoms with van der Waals surface area (Å²) in [6.45, 7) is 8.00. The van der Waals surface area contributed by atoms with Crippen LogP contribution in [0.4, 0.5) is 0 Å². The van der Waals surface area contributed by atoms with Crippen LogP contribution in [-0.4, -0.2) is 149 Å². The average Bonchev–Trinajstić information content (AvgIpc) is 4.38. The van der Waals surface area contributed by atoms with E-state index in [1.165, 1.54) is 5.56 Å². The monoisotopic (exact) mass is 1090 g/mol. The zero-order valence-corrected chi connectivity index (χ0v) is 47.6. The van der Waals surface area contributed by atoms with Crippen molar-refractivity contribution in [3.63, 3.8) is 0 Å². The molecular weight excluding hydrogens is 1010 g/mol. The van der Waals surface area contributed by atoms with Crippen molar-refractivity contribution in [2.45, 2.75) is 172 Å². The summed E-state index contributed by atoms with van der Waals surface area (Å²) >= 11 is 0. The number of ketones is 1. The molecule has 80 heavy (non-hydrogen) atoms. The first-order valence-electron chi connectivity index (χ1n) is 30.2. The van der Waals surface area contributed by atoms with Crippen molar-refractivity contribution in [1.82, 2.24) is 40.9 Å². The van der Waals surface area contributed by atoms with Gasteiger partial charge in [-0.3, -0.25) is 38.4 Å². The van der Waals surface area contributed by atoms with Crippen molar-refractivity contribution < 1.29 is 38.4 Å². The molecular formula is C64H86N8O8. The second-order valence-corrected chi connectivity index (χ2v) is 24.1. The summed E-state index contributed by atoms with van der Waals surface area (Å²) in [6, 6.07) is 22.6. The highest BCUT2D eigenvalue weighted by atomic mass is 16.2. The van der Waals surface area contributed by atoms with Crippen molar-refractivity contribution >= 4 is 47.1 Å². The molecule has 2 aliphatic carbocycles. The van der Waals surface area contributed by atoms with Crippen LogP contribution in [0.2, 0.25) is 0 Å². The number of likely N-dealkylation sites (N-methyl/N-ethyl adjacent to an activating group) is 1. The number of nitrogens with one attached hydrogen (secondary N) is 4. The van der Waals surface area contributed by atoms with Crippen LogP contribution in [0, 0.1) is 23.7 Å². The van der Waals surface area contributed by atoms with Crippen molar-refractivity contribution in [2.24, 2.45) is 23.7 Å². The van der Waals surface area contributed by atoms with Crippen LogP contribution in [0.1, 0.15) is 167 Å². The first kappa shape index (κ1) is 58.2. The van der Waals surface area contributed by atoms with Crippen molar-refractivity contribution in [3.05, 3.63) is 107 Å². The summed E-state index contributed by atoms with van der Waals surface area (Å²) in [5.74, 6) is -2.38. The molecule has 4 N–H and O–H groups in total. The Morgan fingerprint density at radius 1 is 0.550 bits per heavy atom. The average molecular weight is 1100 g/mol. The second kappa shape index (κ2) is 26.9. The van der Waals surface area contributed by atoms with Crippen LogP contribution in [0.25, 0.3) is 0 Å². The van der Waals surface area contributed by atoms with E-state index in [1.54, 1.807) is 41.1 Å². The van der Waals surface area contributed by atoms with Crippen molar-refractivity contribution in [1.29, 1.82) is 0 Å². The molecule has 7 amide bonds. The number of hydrogen-bond donors (Lipinski definition) is 4. The molecule has 4 aliphatic heterocycles. The van der Waals surface area contributed by atoms with E-state index in [-0.39, 0.29) is 97.3 Å². The minimum absolute atomic E-state index is 0.0213. The molecule has 0 aromatic heterocycles. The van der Waals surface area contributed by atoms with Crippen LogP contribution in [0.5, 0.6) is 0 Å². The summed E-state index contributed by atoms with van der Waals surface area (Å²) in [5, 5.41) is 12.4. The molecule has 2 saturated carbocycles. The van der Waals surface area contributed by atoms with Gasteiger partial charge in [-0.1, -0.05) is 113 Å². The van der Waals surface area contributed by atoms with E-state index in [0.29, 0.717) is 43.7 Å². The topological polar surface area (TPSA) is 198 Å². The summed E-state index contributed by atoms with van der Waals surface area (Å²) < 4.78 is 0.